The van der Waals surface area contributed by atoms with E-state index in [9.17, 15) is 0 Å². The second-order valence-electron chi connectivity index (χ2n) is 7.04. The Balaban J connectivity index is 1.26. The lowest BCUT2D eigenvalue weighted by Gasteiger charge is -2.20. The first-order chi connectivity index (χ1) is 14.2. The van der Waals surface area contributed by atoms with Gasteiger partial charge in [0.05, 0.1) is 34.0 Å². The summed E-state index contributed by atoms with van der Waals surface area (Å²) in [5.41, 5.74) is 5.26. The van der Waals surface area contributed by atoms with Crippen LogP contribution in [0.25, 0.3) is 16.7 Å². The fourth-order valence-corrected chi connectivity index (χ4v) is 4.01. The molecule has 2 aromatic heterocycles. The van der Waals surface area contributed by atoms with Gasteiger partial charge >= 0.3 is 0 Å². The van der Waals surface area contributed by atoms with Crippen molar-refractivity contribution in [1.29, 1.82) is 0 Å². The van der Waals surface area contributed by atoms with E-state index in [0.717, 1.165) is 59.3 Å². The summed E-state index contributed by atoms with van der Waals surface area (Å²) in [5.74, 6) is 0.960. The molecule has 0 aliphatic rings. The molecule has 0 atom stereocenters. The minimum Gasteiger partial charge on any atom is -0.369 e. The van der Waals surface area contributed by atoms with Crippen LogP contribution >= 0.6 is 11.3 Å². The molecule has 2 heterocycles. The summed E-state index contributed by atoms with van der Waals surface area (Å²) in [7, 11) is 2.06. The summed E-state index contributed by atoms with van der Waals surface area (Å²) in [5, 5.41) is 6.66. The normalized spacial score (nSPS) is 11.1. The van der Waals surface area contributed by atoms with Crippen molar-refractivity contribution in [3.63, 3.8) is 0 Å². The number of hydrogen-bond donors (Lipinski definition) is 2. The molecule has 4 rings (SSSR count). The number of benzene rings is 2. The number of fused-ring (bicyclic) bond motifs is 1. The molecule has 0 aliphatic carbocycles. The molecule has 2 aromatic carbocycles. The van der Waals surface area contributed by atoms with Gasteiger partial charge in [-0.15, -0.1) is 11.3 Å². The van der Waals surface area contributed by atoms with E-state index < -0.39 is 0 Å². The van der Waals surface area contributed by atoms with Crippen LogP contribution in [-0.4, -0.2) is 33.4 Å². The first-order valence-corrected chi connectivity index (χ1v) is 10.6. The maximum absolute atomic E-state index is 4.77. The molecule has 6 heteroatoms. The quantitative estimate of drug-likeness (QED) is 0.405. The average Bonchev–Trinajstić information content (AvgIpc) is 3.38. The molecule has 0 spiro atoms. The lowest BCUT2D eigenvalue weighted by molar-refractivity contribution is 0.474. The van der Waals surface area contributed by atoms with E-state index >= 15 is 0 Å². The highest BCUT2D eigenvalue weighted by molar-refractivity contribution is 7.09. The Morgan fingerprint density at radius 2 is 1.90 bits per heavy atom. The molecule has 0 radical (unpaired) electrons. The van der Waals surface area contributed by atoms with Crippen LogP contribution in [0, 0.1) is 0 Å². The smallest absolute Gasteiger partial charge is 0.121 e. The fraction of sp³-hybridized carbons (Fsp3) is 0.217. The van der Waals surface area contributed by atoms with E-state index in [1.165, 1.54) is 5.56 Å². The monoisotopic (exact) mass is 403 g/mol. The lowest BCUT2D eigenvalue weighted by atomic mass is 10.2. The Hall–Kier alpha value is -2.96. The standard InChI is InChI=1S/C23H25N5S/c1-17(28(2)15-18-8-4-3-5-9-18)21-16-29-23(27-21)12-13-24-14-22-25-19-10-6-7-11-20(19)26-22/h3-11,16,24H,1,12-15H2,2H3,(H,25,26). The Bertz CT molecular complexity index is 1050. The molecule has 0 aliphatic heterocycles. The number of aromatic amines is 1. The van der Waals surface area contributed by atoms with E-state index in [1.54, 1.807) is 11.3 Å². The summed E-state index contributed by atoms with van der Waals surface area (Å²) in [6.07, 6.45) is 0.889. The molecule has 0 saturated carbocycles. The number of aromatic nitrogens is 3. The molecule has 29 heavy (non-hydrogen) atoms. The zero-order chi connectivity index (χ0) is 20.1. The van der Waals surface area contributed by atoms with Crippen LogP contribution in [0.3, 0.4) is 0 Å². The Morgan fingerprint density at radius 1 is 1.10 bits per heavy atom. The highest BCUT2D eigenvalue weighted by Gasteiger charge is 2.10. The third-order valence-corrected chi connectivity index (χ3v) is 5.73. The van der Waals surface area contributed by atoms with Crippen LogP contribution < -0.4 is 5.32 Å². The number of H-pyrrole nitrogens is 1. The van der Waals surface area contributed by atoms with E-state index in [1.807, 2.05) is 30.3 Å². The first kappa shape index (κ1) is 19.4. The van der Waals surface area contributed by atoms with Crippen LogP contribution in [0.4, 0.5) is 0 Å². The predicted octanol–water partition coefficient (Wildman–Crippen LogP) is 4.45. The van der Waals surface area contributed by atoms with Crippen molar-refractivity contribution in [2.45, 2.75) is 19.5 Å². The molecule has 0 saturated heterocycles. The SMILES string of the molecule is C=C(c1csc(CCNCc2nc3ccccc3[nH]2)n1)N(C)Cc1ccccc1. The molecule has 5 nitrogen and oxygen atoms in total. The maximum Gasteiger partial charge on any atom is 0.121 e. The number of hydrogen-bond acceptors (Lipinski definition) is 5. The Morgan fingerprint density at radius 3 is 2.72 bits per heavy atom. The van der Waals surface area contributed by atoms with Crippen LogP contribution in [0.1, 0.15) is 22.1 Å². The van der Waals surface area contributed by atoms with Gasteiger partial charge in [0.15, 0.2) is 0 Å². The summed E-state index contributed by atoms with van der Waals surface area (Å²) in [4.78, 5) is 14.8. The van der Waals surface area contributed by atoms with Gasteiger partial charge in [-0.05, 0) is 17.7 Å². The van der Waals surface area contributed by atoms with Crippen LogP contribution in [0.5, 0.6) is 0 Å². The van der Waals surface area contributed by atoms with Crippen LogP contribution in [-0.2, 0) is 19.5 Å². The van der Waals surface area contributed by atoms with Gasteiger partial charge in [0, 0.05) is 31.9 Å². The zero-order valence-corrected chi connectivity index (χ0v) is 17.4. The third kappa shape index (κ3) is 4.91. The van der Waals surface area contributed by atoms with Crippen molar-refractivity contribution >= 4 is 28.1 Å². The van der Waals surface area contributed by atoms with Gasteiger partial charge < -0.3 is 15.2 Å². The van der Waals surface area contributed by atoms with Gasteiger partial charge in [0.2, 0.25) is 0 Å². The highest BCUT2D eigenvalue weighted by Crippen LogP contribution is 2.21. The summed E-state index contributed by atoms with van der Waals surface area (Å²) in [6.45, 7) is 6.64. The van der Waals surface area contributed by atoms with Gasteiger partial charge in [-0.3, -0.25) is 0 Å². The number of thiazole rings is 1. The molecule has 4 aromatic rings. The molecule has 0 amide bonds. The van der Waals surface area contributed by atoms with Crippen LogP contribution in [0.15, 0.2) is 66.6 Å². The number of para-hydroxylation sites is 2. The van der Waals surface area contributed by atoms with E-state index in [4.69, 9.17) is 4.98 Å². The summed E-state index contributed by atoms with van der Waals surface area (Å²) >= 11 is 1.69. The average molecular weight is 404 g/mol. The zero-order valence-electron chi connectivity index (χ0n) is 16.6. The van der Waals surface area contributed by atoms with Crippen molar-refractivity contribution in [2.24, 2.45) is 0 Å². The van der Waals surface area contributed by atoms with Crippen molar-refractivity contribution in [1.82, 2.24) is 25.2 Å². The molecular formula is C23H25N5S. The van der Waals surface area contributed by atoms with Crippen molar-refractivity contribution in [3.05, 3.63) is 88.6 Å². The molecule has 2 N–H and O–H groups in total. The Kier molecular flexibility index (Phi) is 6.03. The minimum absolute atomic E-state index is 0.722. The van der Waals surface area contributed by atoms with Gasteiger partial charge in [-0.25, -0.2) is 9.97 Å². The lowest BCUT2D eigenvalue weighted by Crippen LogP contribution is -2.18. The van der Waals surface area contributed by atoms with Gasteiger partial charge in [-0.2, -0.15) is 0 Å². The van der Waals surface area contributed by atoms with Crippen molar-refractivity contribution in [2.75, 3.05) is 13.6 Å². The molecule has 0 bridgehead atoms. The van der Waals surface area contributed by atoms with E-state index in [2.05, 4.69) is 63.5 Å². The molecular weight excluding hydrogens is 378 g/mol. The second-order valence-corrected chi connectivity index (χ2v) is 7.98. The molecule has 0 unspecified atom stereocenters. The highest BCUT2D eigenvalue weighted by atomic mass is 32.1. The number of rotatable bonds is 9. The van der Waals surface area contributed by atoms with Crippen LogP contribution in [0.2, 0.25) is 0 Å². The minimum atomic E-state index is 0.722. The number of imidazole rings is 1. The summed E-state index contributed by atoms with van der Waals surface area (Å²) < 4.78 is 0. The van der Waals surface area contributed by atoms with Gasteiger partial charge in [0.25, 0.3) is 0 Å². The number of nitrogens with zero attached hydrogens (tertiary/aromatic N) is 3. The third-order valence-electron chi connectivity index (χ3n) is 4.82. The summed E-state index contributed by atoms with van der Waals surface area (Å²) in [6, 6.07) is 18.5. The topological polar surface area (TPSA) is 56.8 Å². The van der Waals surface area contributed by atoms with Crippen molar-refractivity contribution < 1.29 is 0 Å². The molecule has 0 fully saturated rings. The number of nitrogens with one attached hydrogen (secondary N) is 2. The molecule has 148 valence electrons. The Labute approximate surface area is 175 Å². The fourth-order valence-electron chi connectivity index (χ4n) is 3.20. The predicted molar refractivity (Wildman–Crippen MR) is 121 cm³/mol. The maximum atomic E-state index is 4.77. The van der Waals surface area contributed by atoms with Gasteiger partial charge in [0.1, 0.15) is 5.82 Å². The van der Waals surface area contributed by atoms with Crippen molar-refractivity contribution in [3.8, 4) is 0 Å². The van der Waals surface area contributed by atoms with Gasteiger partial charge in [-0.1, -0.05) is 49.0 Å². The van der Waals surface area contributed by atoms with E-state index in [0.29, 0.717) is 0 Å². The van der Waals surface area contributed by atoms with E-state index in [-0.39, 0.29) is 0 Å². The largest absolute Gasteiger partial charge is 0.369 e. The second kappa shape index (κ2) is 9.03. The first-order valence-electron chi connectivity index (χ1n) is 9.72.